The molecule has 1 aromatic carbocycles. The molecule has 5 nitrogen and oxygen atoms in total. The summed E-state index contributed by atoms with van der Waals surface area (Å²) in [5, 5.41) is 12.3. The third-order valence-electron chi connectivity index (χ3n) is 2.97. The number of hydrogen-bond donors (Lipinski definition) is 2. The molecule has 0 heterocycles. The summed E-state index contributed by atoms with van der Waals surface area (Å²) in [7, 11) is -3.64. The maximum Gasteiger partial charge on any atom is 0.243 e. The molecule has 118 valence electrons. The van der Waals surface area contributed by atoms with Gasteiger partial charge in [0, 0.05) is 25.7 Å². The molecular weight excluding hydrogens is 288 g/mol. The van der Waals surface area contributed by atoms with Gasteiger partial charge in [-0.3, -0.25) is 0 Å². The molecule has 0 aliphatic carbocycles. The van der Waals surface area contributed by atoms with Crippen molar-refractivity contribution in [1.82, 2.24) is 9.62 Å². The zero-order chi connectivity index (χ0) is 15.9. The maximum absolute atomic E-state index is 12.7. The standard InChI is InChI=1S/C15H24N2O3S/c1-4-9-17(10-11-18)21(19,20)15-8-6-5-7-14(15)12-16-13(2)3/h4-8,13,16,18H,1,9-12H2,2-3H3. The normalized spacial score (nSPS) is 12.0. The number of hydrogen-bond acceptors (Lipinski definition) is 4. The van der Waals surface area contributed by atoms with Gasteiger partial charge >= 0.3 is 0 Å². The van der Waals surface area contributed by atoms with E-state index in [0.717, 1.165) is 5.56 Å². The average molecular weight is 312 g/mol. The van der Waals surface area contributed by atoms with Crippen LogP contribution in [0.4, 0.5) is 0 Å². The number of sulfonamides is 1. The van der Waals surface area contributed by atoms with E-state index in [1.807, 2.05) is 19.9 Å². The Hall–Kier alpha value is -1.21. The molecule has 0 radical (unpaired) electrons. The molecule has 1 rings (SSSR count). The second-order valence-electron chi connectivity index (χ2n) is 5.02. The van der Waals surface area contributed by atoms with Crippen LogP contribution in [0.2, 0.25) is 0 Å². The second-order valence-corrected chi connectivity index (χ2v) is 6.93. The van der Waals surface area contributed by atoms with E-state index < -0.39 is 10.0 Å². The summed E-state index contributed by atoms with van der Waals surface area (Å²) >= 11 is 0. The Balaban J connectivity index is 3.14. The summed E-state index contributed by atoms with van der Waals surface area (Å²) in [4.78, 5) is 0.272. The molecule has 6 heteroatoms. The molecule has 2 N–H and O–H groups in total. The Labute approximate surface area is 127 Å². The molecule has 0 bridgehead atoms. The van der Waals surface area contributed by atoms with Crippen LogP contribution in [0.25, 0.3) is 0 Å². The summed E-state index contributed by atoms with van der Waals surface area (Å²) in [5.41, 5.74) is 0.721. The van der Waals surface area contributed by atoms with E-state index in [2.05, 4.69) is 11.9 Å². The fraction of sp³-hybridized carbons (Fsp3) is 0.467. The van der Waals surface area contributed by atoms with Crippen LogP contribution in [-0.4, -0.2) is 43.6 Å². The van der Waals surface area contributed by atoms with Crippen LogP contribution in [-0.2, 0) is 16.6 Å². The minimum Gasteiger partial charge on any atom is -0.395 e. The summed E-state index contributed by atoms with van der Waals surface area (Å²) in [6.45, 7) is 8.07. The number of rotatable bonds is 9. The summed E-state index contributed by atoms with van der Waals surface area (Å²) in [6.07, 6.45) is 1.52. The number of nitrogens with zero attached hydrogens (tertiary/aromatic N) is 1. The lowest BCUT2D eigenvalue weighted by molar-refractivity contribution is 0.260. The fourth-order valence-electron chi connectivity index (χ4n) is 1.92. The van der Waals surface area contributed by atoms with Crippen molar-refractivity contribution in [3.8, 4) is 0 Å². The van der Waals surface area contributed by atoms with E-state index in [0.29, 0.717) is 6.54 Å². The van der Waals surface area contributed by atoms with Crippen molar-refractivity contribution in [2.75, 3.05) is 19.7 Å². The highest BCUT2D eigenvalue weighted by molar-refractivity contribution is 7.89. The van der Waals surface area contributed by atoms with E-state index in [1.54, 1.807) is 18.2 Å². The molecular formula is C15H24N2O3S. The smallest absolute Gasteiger partial charge is 0.243 e. The van der Waals surface area contributed by atoms with Crippen molar-refractivity contribution in [3.05, 3.63) is 42.5 Å². The van der Waals surface area contributed by atoms with Crippen LogP contribution in [0, 0.1) is 0 Å². The van der Waals surface area contributed by atoms with Gasteiger partial charge in [-0.25, -0.2) is 8.42 Å². The lowest BCUT2D eigenvalue weighted by Gasteiger charge is -2.22. The highest BCUT2D eigenvalue weighted by Crippen LogP contribution is 2.20. The van der Waals surface area contributed by atoms with Gasteiger partial charge in [-0.15, -0.1) is 6.58 Å². The first-order valence-corrected chi connectivity index (χ1v) is 8.40. The third-order valence-corrected chi connectivity index (χ3v) is 4.94. The van der Waals surface area contributed by atoms with E-state index in [4.69, 9.17) is 5.11 Å². The molecule has 0 aliphatic heterocycles. The zero-order valence-electron chi connectivity index (χ0n) is 12.6. The number of benzene rings is 1. The first kappa shape index (κ1) is 17.8. The Morgan fingerprint density at radius 3 is 2.62 bits per heavy atom. The Morgan fingerprint density at radius 2 is 2.05 bits per heavy atom. The van der Waals surface area contributed by atoms with Crippen molar-refractivity contribution >= 4 is 10.0 Å². The first-order valence-electron chi connectivity index (χ1n) is 6.96. The fourth-order valence-corrected chi connectivity index (χ4v) is 3.54. The predicted octanol–water partition coefficient (Wildman–Crippen LogP) is 1.35. The monoisotopic (exact) mass is 312 g/mol. The van der Waals surface area contributed by atoms with Crippen LogP contribution in [0.15, 0.2) is 41.8 Å². The lowest BCUT2D eigenvalue weighted by atomic mass is 10.2. The van der Waals surface area contributed by atoms with Crippen molar-refractivity contribution in [3.63, 3.8) is 0 Å². The van der Waals surface area contributed by atoms with Crippen LogP contribution >= 0.6 is 0 Å². The molecule has 0 saturated carbocycles. The average Bonchev–Trinajstić information content (AvgIpc) is 2.45. The SMILES string of the molecule is C=CCN(CCO)S(=O)(=O)c1ccccc1CNC(C)C. The largest absolute Gasteiger partial charge is 0.395 e. The van der Waals surface area contributed by atoms with Gasteiger partial charge < -0.3 is 10.4 Å². The predicted molar refractivity (Wildman–Crippen MR) is 84.5 cm³/mol. The van der Waals surface area contributed by atoms with Crippen LogP contribution < -0.4 is 5.32 Å². The molecule has 0 aliphatic rings. The van der Waals surface area contributed by atoms with Crippen LogP contribution in [0.5, 0.6) is 0 Å². The zero-order valence-corrected chi connectivity index (χ0v) is 13.4. The van der Waals surface area contributed by atoms with Crippen molar-refractivity contribution < 1.29 is 13.5 Å². The summed E-state index contributed by atoms with van der Waals surface area (Å²) < 4.78 is 26.7. The molecule has 0 saturated heterocycles. The van der Waals surface area contributed by atoms with Crippen molar-refractivity contribution in [2.24, 2.45) is 0 Å². The van der Waals surface area contributed by atoms with Gasteiger partial charge in [0.2, 0.25) is 10.0 Å². The molecule has 0 amide bonds. The van der Waals surface area contributed by atoms with Crippen LogP contribution in [0.3, 0.4) is 0 Å². The van der Waals surface area contributed by atoms with Gasteiger partial charge in [-0.1, -0.05) is 38.1 Å². The van der Waals surface area contributed by atoms with E-state index in [1.165, 1.54) is 10.4 Å². The highest BCUT2D eigenvalue weighted by atomic mass is 32.2. The number of aliphatic hydroxyl groups is 1. The molecule has 0 aromatic heterocycles. The Morgan fingerprint density at radius 1 is 1.38 bits per heavy atom. The maximum atomic E-state index is 12.7. The van der Waals surface area contributed by atoms with Gasteiger partial charge in [0.25, 0.3) is 0 Å². The topological polar surface area (TPSA) is 69.6 Å². The molecule has 21 heavy (non-hydrogen) atoms. The minimum absolute atomic E-state index is 0.0558. The van der Waals surface area contributed by atoms with E-state index in [-0.39, 0.29) is 30.6 Å². The van der Waals surface area contributed by atoms with Crippen LogP contribution in [0.1, 0.15) is 19.4 Å². The number of nitrogens with one attached hydrogen (secondary N) is 1. The van der Waals surface area contributed by atoms with Gasteiger partial charge in [0.1, 0.15) is 0 Å². The Kier molecular flexibility index (Phi) is 7.04. The molecule has 0 atom stereocenters. The van der Waals surface area contributed by atoms with Crippen molar-refractivity contribution in [1.29, 1.82) is 0 Å². The molecule has 0 spiro atoms. The first-order chi connectivity index (χ1) is 9.93. The summed E-state index contributed by atoms with van der Waals surface area (Å²) in [6, 6.07) is 7.19. The van der Waals surface area contributed by atoms with Gasteiger partial charge in [-0.05, 0) is 11.6 Å². The van der Waals surface area contributed by atoms with E-state index in [9.17, 15) is 8.42 Å². The molecule has 0 fully saturated rings. The summed E-state index contributed by atoms with van der Waals surface area (Å²) in [5.74, 6) is 0. The lowest BCUT2D eigenvalue weighted by Crippen LogP contribution is -2.34. The second kappa shape index (κ2) is 8.29. The quantitative estimate of drug-likeness (QED) is 0.675. The Bertz CT molecular complexity index is 556. The third kappa shape index (κ3) is 4.93. The van der Waals surface area contributed by atoms with Gasteiger partial charge in [-0.2, -0.15) is 4.31 Å². The van der Waals surface area contributed by atoms with Gasteiger partial charge in [0.05, 0.1) is 11.5 Å². The van der Waals surface area contributed by atoms with Gasteiger partial charge in [0.15, 0.2) is 0 Å². The highest BCUT2D eigenvalue weighted by Gasteiger charge is 2.25. The van der Waals surface area contributed by atoms with Crippen molar-refractivity contribution in [2.45, 2.75) is 31.3 Å². The minimum atomic E-state index is -3.64. The molecule has 1 aromatic rings. The molecule has 0 unspecified atom stereocenters. The number of aliphatic hydroxyl groups excluding tert-OH is 1. The van der Waals surface area contributed by atoms with E-state index >= 15 is 0 Å².